The van der Waals surface area contributed by atoms with Crippen LogP contribution in [0.2, 0.25) is 0 Å². The second-order valence-electron chi connectivity index (χ2n) is 4.24. The summed E-state index contributed by atoms with van der Waals surface area (Å²) in [6.45, 7) is 1.82. The molecule has 0 saturated carbocycles. The van der Waals surface area contributed by atoms with Crippen LogP contribution in [0.25, 0.3) is 0 Å². The first-order chi connectivity index (χ1) is 8.79. The number of rotatable bonds is 9. The molecular formula is C14H22BrNO2. The van der Waals surface area contributed by atoms with Gasteiger partial charge in [0.15, 0.2) is 0 Å². The largest absolute Gasteiger partial charge is 0.492 e. The van der Waals surface area contributed by atoms with Gasteiger partial charge in [0.25, 0.3) is 0 Å². The van der Waals surface area contributed by atoms with Gasteiger partial charge >= 0.3 is 0 Å². The highest BCUT2D eigenvalue weighted by atomic mass is 79.9. The number of aliphatic hydroxyl groups excluding tert-OH is 1. The number of hydrogen-bond donors (Lipinski definition) is 2. The molecule has 0 unspecified atom stereocenters. The molecule has 1 rings (SSSR count). The van der Waals surface area contributed by atoms with E-state index in [9.17, 15) is 0 Å². The molecule has 0 fully saturated rings. The van der Waals surface area contributed by atoms with Crippen LogP contribution in [0, 0.1) is 0 Å². The molecule has 0 bridgehead atoms. The lowest BCUT2D eigenvalue weighted by Gasteiger charge is -2.13. The Morgan fingerprint density at radius 2 is 2.00 bits per heavy atom. The van der Waals surface area contributed by atoms with Crippen molar-refractivity contribution in [2.24, 2.45) is 0 Å². The van der Waals surface area contributed by atoms with Gasteiger partial charge in [-0.05, 0) is 48.3 Å². The number of hydrogen-bond acceptors (Lipinski definition) is 3. The molecule has 0 amide bonds. The van der Waals surface area contributed by atoms with E-state index in [0.717, 1.165) is 49.1 Å². The molecule has 0 spiro atoms. The second kappa shape index (κ2) is 9.36. The third kappa shape index (κ3) is 5.38. The predicted octanol–water partition coefficient (Wildman–Crippen LogP) is 3.10. The maximum absolute atomic E-state index is 8.69. The van der Waals surface area contributed by atoms with Crippen molar-refractivity contribution < 1.29 is 9.84 Å². The van der Waals surface area contributed by atoms with Gasteiger partial charge in [-0.15, -0.1) is 0 Å². The van der Waals surface area contributed by atoms with E-state index in [4.69, 9.17) is 9.84 Å². The molecule has 0 aliphatic rings. The monoisotopic (exact) mass is 315 g/mol. The van der Waals surface area contributed by atoms with E-state index in [1.165, 1.54) is 5.56 Å². The molecule has 18 heavy (non-hydrogen) atoms. The molecule has 102 valence electrons. The maximum Gasteiger partial charge on any atom is 0.137 e. The lowest BCUT2D eigenvalue weighted by molar-refractivity contribution is 0.272. The minimum absolute atomic E-state index is 0.289. The second-order valence-corrected chi connectivity index (χ2v) is 5.10. The Morgan fingerprint density at radius 1 is 1.22 bits per heavy atom. The summed E-state index contributed by atoms with van der Waals surface area (Å²) in [7, 11) is 1.93. The van der Waals surface area contributed by atoms with Crippen LogP contribution in [-0.2, 0) is 6.54 Å². The van der Waals surface area contributed by atoms with E-state index in [1.54, 1.807) is 0 Å². The average Bonchev–Trinajstić information content (AvgIpc) is 2.36. The Balaban J connectivity index is 2.40. The van der Waals surface area contributed by atoms with Crippen molar-refractivity contribution in [3.8, 4) is 5.75 Å². The van der Waals surface area contributed by atoms with Gasteiger partial charge in [-0.2, -0.15) is 0 Å². The molecule has 0 aliphatic heterocycles. The van der Waals surface area contributed by atoms with Crippen molar-refractivity contribution in [3.63, 3.8) is 0 Å². The molecule has 0 radical (unpaired) electrons. The van der Waals surface area contributed by atoms with Crippen LogP contribution in [0.1, 0.15) is 31.2 Å². The van der Waals surface area contributed by atoms with Crippen LogP contribution in [0.15, 0.2) is 22.7 Å². The lowest BCUT2D eigenvalue weighted by Crippen LogP contribution is -2.08. The Hall–Kier alpha value is -0.580. The average molecular weight is 316 g/mol. The zero-order valence-electron chi connectivity index (χ0n) is 10.9. The minimum Gasteiger partial charge on any atom is -0.492 e. The van der Waals surface area contributed by atoms with Gasteiger partial charge in [0.1, 0.15) is 5.75 Å². The standard InChI is InChI=1S/C14H22BrNO2/c1-16-11-12-7-6-8-13(15)14(12)18-10-5-3-2-4-9-17/h6-8,16-17H,2-5,9-11H2,1H3. The van der Waals surface area contributed by atoms with Crippen LogP contribution in [-0.4, -0.2) is 25.4 Å². The van der Waals surface area contributed by atoms with Crippen molar-refractivity contribution in [1.82, 2.24) is 5.32 Å². The summed E-state index contributed by atoms with van der Waals surface area (Å²) >= 11 is 3.53. The topological polar surface area (TPSA) is 41.5 Å². The summed E-state index contributed by atoms with van der Waals surface area (Å²) in [5, 5.41) is 11.8. The van der Waals surface area contributed by atoms with Gasteiger partial charge in [0, 0.05) is 18.7 Å². The van der Waals surface area contributed by atoms with Gasteiger partial charge in [-0.25, -0.2) is 0 Å². The first-order valence-corrected chi connectivity index (χ1v) is 7.24. The normalized spacial score (nSPS) is 10.6. The van der Waals surface area contributed by atoms with Crippen molar-refractivity contribution in [2.75, 3.05) is 20.3 Å². The molecule has 0 saturated heterocycles. The summed E-state index contributed by atoms with van der Waals surface area (Å²) in [5.41, 5.74) is 1.17. The number of unbranched alkanes of at least 4 members (excludes halogenated alkanes) is 3. The van der Waals surface area contributed by atoms with Crippen LogP contribution in [0.3, 0.4) is 0 Å². The molecule has 0 heterocycles. The van der Waals surface area contributed by atoms with E-state index >= 15 is 0 Å². The Kier molecular flexibility index (Phi) is 8.05. The zero-order chi connectivity index (χ0) is 13.2. The van der Waals surface area contributed by atoms with Gasteiger partial charge in [0.05, 0.1) is 11.1 Å². The molecule has 2 N–H and O–H groups in total. The maximum atomic E-state index is 8.69. The fraction of sp³-hybridized carbons (Fsp3) is 0.571. The number of para-hydroxylation sites is 1. The summed E-state index contributed by atoms with van der Waals surface area (Å²) in [6, 6.07) is 6.09. The predicted molar refractivity (Wildman–Crippen MR) is 78.0 cm³/mol. The summed E-state index contributed by atoms with van der Waals surface area (Å²) in [4.78, 5) is 0. The molecule has 0 atom stereocenters. The van der Waals surface area contributed by atoms with Crippen LogP contribution in [0.4, 0.5) is 0 Å². The highest BCUT2D eigenvalue weighted by molar-refractivity contribution is 9.10. The van der Waals surface area contributed by atoms with Crippen molar-refractivity contribution >= 4 is 15.9 Å². The highest BCUT2D eigenvalue weighted by Gasteiger charge is 2.06. The third-order valence-corrected chi connectivity index (χ3v) is 3.34. The molecule has 3 nitrogen and oxygen atoms in total. The summed E-state index contributed by atoms with van der Waals surface area (Å²) in [5.74, 6) is 0.939. The van der Waals surface area contributed by atoms with Crippen molar-refractivity contribution in [1.29, 1.82) is 0 Å². The number of benzene rings is 1. The quantitative estimate of drug-likeness (QED) is 0.688. The van der Waals surface area contributed by atoms with Crippen molar-refractivity contribution in [3.05, 3.63) is 28.2 Å². The fourth-order valence-electron chi connectivity index (χ4n) is 1.79. The Morgan fingerprint density at radius 3 is 2.72 bits per heavy atom. The summed E-state index contributed by atoms with van der Waals surface area (Å²) < 4.78 is 6.86. The molecule has 1 aromatic rings. The van der Waals surface area contributed by atoms with E-state index in [1.807, 2.05) is 19.2 Å². The fourth-order valence-corrected chi connectivity index (χ4v) is 2.31. The van der Waals surface area contributed by atoms with Gasteiger partial charge in [0.2, 0.25) is 0 Å². The van der Waals surface area contributed by atoms with Crippen LogP contribution in [0.5, 0.6) is 5.75 Å². The first-order valence-electron chi connectivity index (χ1n) is 6.45. The molecule has 0 aromatic heterocycles. The first kappa shape index (κ1) is 15.5. The molecule has 1 aromatic carbocycles. The van der Waals surface area contributed by atoms with E-state index in [2.05, 4.69) is 27.3 Å². The Bertz CT molecular complexity index is 345. The van der Waals surface area contributed by atoms with Gasteiger partial charge < -0.3 is 15.2 Å². The molecular weight excluding hydrogens is 294 g/mol. The minimum atomic E-state index is 0.289. The number of nitrogens with one attached hydrogen (secondary N) is 1. The molecule has 0 aliphatic carbocycles. The number of aliphatic hydroxyl groups is 1. The van der Waals surface area contributed by atoms with Gasteiger partial charge in [-0.3, -0.25) is 0 Å². The number of halogens is 1. The van der Waals surface area contributed by atoms with Crippen LogP contribution < -0.4 is 10.1 Å². The molecule has 4 heteroatoms. The third-order valence-electron chi connectivity index (χ3n) is 2.71. The van der Waals surface area contributed by atoms with Gasteiger partial charge in [-0.1, -0.05) is 18.6 Å². The highest BCUT2D eigenvalue weighted by Crippen LogP contribution is 2.29. The zero-order valence-corrected chi connectivity index (χ0v) is 12.5. The Labute approximate surface area is 118 Å². The lowest BCUT2D eigenvalue weighted by atomic mass is 10.2. The smallest absolute Gasteiger partial charge is 0.137 e. The van der Waals surface area contributed by atoms with Crippen LogP contribution >= 0.6 is 15.9 Å². The van der Waals surface area contributed by atoms with E-state index in [0.29, 0.717) is 0 Å². The number of ether oxygens (including phenoxy) is 1. The van der Waals surface area contributed by atoms with E-state index < -0.39 is 0 Å². The van der Waals surface area contributed by atoms with E-state index in [-0.39, 0.29) is 6.61 Å². The van der Waals surface area contributed by atoms with Crippen molar-refractivity contribution in [2.45, 2.75) is 32.2 Å². The SMILES string of the molecule is CNCc1cccc(Br)c1OCCCCCCO. The summed E-state index contributed by atoms with van der Waals surface area (Å²) in [6.07, 6.45) is 4.09.